The first-order valence-corrected chi connectivity index (χ1v) is 6.82. The number of nitrogens with two attached hydrogens (primary N) is 1. The number of nitrogen functional groups attached to an aromatic ring is 1. The van der Waals surface area contributed by atoms with Gasteiger partial charge < -0.3 is 10.3 Å². The van der Waals surface area contributed by atoms with Gasteiger partial charge in [-0.25, -0.2) is 0 Å². The summed E-state index contributed by atoms with van der Waals surface area (Å²) in [6.07, 6.45) is 3.63. The number of fused-ring (bicyclic) bond motifs is 1. The zero-order valence-electron chi connectivity index (χ0n) is 12.6. The minimum absolute atomic E-state index is 0. The molecule has 3 aromatic rings. The SMILES string of the molecule is Cc1ccc(Cn2c(C)c(C)c3c(N)cncc32)cc1.Cl. The third-order valence-corrected chi connectivity index (χ3v) is 4.03. The van der Waals surface area contributed by atoms with E-state index < -0.39 is 0 Å². The lowest BCUT2D eigenvalue weighted by Crippen LogP contribution is -2.02. The topological polar surface area (TPSA) is 43.8 Å². The van der Waals surface area contributed by atoms with Crippen molar-refractivity contribution in [2.24, 2.45) is 0 Å². The molecule has 0 aliphatic carbocycles. The number of nitrogens with zero attached hydrogens (tertiary/aromatic N) is 2. The highest BCUT2D eigenvalue weighted by Crippen LogP contribution is 2.29. The molecule has 21 heavy (non-hydrogen) atoms. The van der Waals surface area contributed by atoms with Gasteiger partial charge in [0.25, 0.3) is 0 Å². The molecule has 110 valence electrons. The Balaban J connectivity index is 0.00000161. The summed E-state index contributed by atoms with van der Waals surface area (Å²) in [5, 5.41) is 1.13. The summed E-state index contributed by atoms with van der Waals surface area (Å²) in [5.41, 5.74) is 13.0. The molecule has 0 amide bonds. The molecule has 3 rings (SSSR count). The Morgan fingerprint density at radius 1 is 1.05 bits per heavy atom. The second-order valence-corrected chi connectivity index (χ2v) is 5.41. The smallest absolute Gasteiger partial charge is 0.0695 e. The van der Waals surface area contributed by atoms with Gasteiger partial charge >= 0.3 is 0 Å². The van der Waals surface area contributed by atoms with Crippen molar-refractivity contribution in [1.29, 1.82) is 0 Å². The molecule has 1 aromatic carbocycles. The summed E-state index contributed by atoms with van der Waals surface area (Å²) in [7, 11) is 0. The number of hydrogen-bond donors (Lipinski definition) is 1. The van der Waals surface area contributed by atoms with Crippen LogP contribution >= 0.6 is 12.4 Å². The molecule has 0 saturated carbocycles. The van der Waals surface area contributed by atoms with Crippen molar-refractivity contribution >= 4 is 29.0 Å². The molecule has 0 fully saturated rings. The molecule has 3 nitrogen and oxygen atoms in total. The van der Waals surface area contributed by atoms with Crippen molar-refractivity contribution in [1.82, 2.24) is 9.55 Å². The van der Waals surface area contributed by atoms with Crippen molar-refractivity contribution in [2.75, 3.05) is 5.73 Å². The van der Waals surface area contributed by atoms with Crippen LogP contribution in [-0.2, 0) is 6.54 Å². The number of anilines is 1. The largest absolute Gasteiger partial charge is 0.397 e. The summed E-state index contributed by atoms with van der Waals surface area (Å²) in [6.45, 7) is 7.22. The summed E-state index contributed by atoms with van der Waals surface area (Å²) in [4.78, 5) is 4.24. The lowest BCUT2D eigenvalue weighted by Gasteiger charge is -2.09. The molecule has 0 radical (unpaired) electrons. The van der Waals surface area contributed by atoms with Gasteiger partial charge in [-0.15, -0.1) is 12.4 Å². The summed E-state index contributed by atoms with van der Waals surface area (Å²) in [5.74, 6) is 0. The second-order valence-electron chi connectivity index (χ2n) is 5.41. The van der Waals surface area contributed by atoms with Crippen molar-refractivity contribution in [2.45, 2.75) is 27.3 Å². The number of pyridine rings is 1. The Morgan fingerprint density at radius 2 is 1.71 bits per heavy atom. The molecule has 0 aliphatic heterocycles. The number of aryl methyl sites for hydroxylation is 2. The zero-order chi connectivity index (χ0) is 14.3. The van der Waals surface area contributed by atoms with E-state index in [9.17, 15) is 0 Å². The maximum atomic E-state index is 6.08. The lowest BCUT2D eigenvalue weighted by molar-refractivity contribution is 0.799. The molecular weight excluding hydrogens is 282 g/mol. The van der Waals surface area contributed by atoms with Crippen LogP contribution in [-0.4, -0.2) is 9.55 Å². The molecule has 0 atom stereocenters. The molecule has 2 aromatic heterocycles. The molecule has 2 heterocycles. The second kappa shape index (κ2) is 5.78. The van der Waals surface area contributed by atoms with E-state index in [2.05, 4.69) is 54.6 Å². The summed E-state index contributed by atoms with van der Waals surface area (Å²) >= 11 is 0. The molecule has 2 N–H and O–H groups in total. The van der Waals surface area contributed by atoms with Crippen LogP contribution in [0.2, 0.25) is 0 Å². The van der Waals surface area contributed by atoms with Gasteiger partial charge in [0.15, 0.2) is 0 Å². The molecule has 0 spiro atoms. The third kappa shape index (κ3) is 2.61. The van der Waals surface area contributed by atoms with Crippen molar-refractivity contribution in [3.05, 3.63) is 59.0 Å². The summed E-state index contributed by atoms with van der Waals surface area (Å²) < 4.78 is 2.29. The van der Waals surface area contributed by atoms with Gasteiger partial charge in [-0.2, -0.15) is 0 Å². The van der Waals surface area contributed by atoms with Gasteiger partial charge in [0.1, 0.15) is 0 Å². The normalized spacial score (nSPS) is 10.6. The highest BCUT2D eigenvalue weighted by molar-refractivity contribution is 5.94. The number of rotatable bonds is 2. The average molecular weight is 302 g/mol. The molecule has 0 aliphatic rings. The average Bonchev–Trinajstić information content (AvgIpc) is 2.67. The van der Waals surface area contributed by atoms with Crippen LogP contribution < -0.4 is 5.73 Å². The van der Waals surface area contributed by atoms with Crippen LogP contribution in [0.1, 0.15) is 22.4 Å². The van der Waals surface area contributed by atoms with Gasteiger partial charge in [0, 0.05) is 17.6 Å². The monoisotopic (exact) mass is 301 g/mol. The Kier molecular flexibility index (Phi) is 4.24. The summed E-state index contributed by atoms with van der Waals surface area (Å²) in [6, 6.07) is 8.65. The Labute approximate surface area is 131 Å². The minimum Gasteiger partial charge on any atom is -0.397 e. The van der Waals surface area contributed by atoms with Crippen molar-refractivity contribution in [3.63, 3.8) is 0 Å². The first kappa shape index (κ1) is 15.4. The van der Waals surface area contributed by atoms with E-state index in [-0.39, 0.29) is 12.4 Å². The fourth-order valence-electron chi connectivity index (χ4n) is 2.72. The predicted molar refractivity (Wildman–Crippen MR) is 91.1 cm³/mol. The van der Waals surface area contributed by atoms with E-state index in [4.69, 9.17) is 5.73 Å². The van der Waals surface area contributed by atoms with Crippen LogP contribution in [0.4, 0.5) is 5.69 Å². The minimum atomic E-state index is 0. The van der Waals surface area contributed by atoms with Crippen LogP contribution in [0.5, 0.6) is 0 Å². The standard InChI is InChI=1S/C17H19N3.ClH/c1-11-4-6-14(7-5-11)10-20-13(3)12(2)17-15(18)8-19-9-16(17)20;/h4-9H,10,18H2,1-3H3;1H. The van der Waals surface area contributed by atoms with E-state index in [1.807, 2.05) is 6.20 Å². The molecule has 0 unspecified atom stereocenters. The number of halogens is 1. The van der Waals surface area contributed by atoms with Crippen LogP contribution in [0.3, 0.4) is 0 Å². The fourth-order valence-corrected chi connectivity index (χ4v) is 2.72. The predicted octanol–water partition coefficient (Wildman–Crippen LogP) is 4.01. The number of hydrogen-bond acceptors (Lipinski definition) is 2. The van der Waals surface area contributed by atoms with Crippen LogP contribution in [0.15, 0.2) is 36.7 Å². The highest BCUT2D eigenvalue weighted by Gasteiger charge is 2.13. The Bertz CT molecular complexity index is 773. The quantitative estimate of drug-likeness (QED) is 0.777. The third-order valence-electron chi connectivity index (χ3n) is 4.03. The van der Waals surface area contributed by atoms with Gasteiger partial charge in [0.2, 0.25) is 0 Å². The Morgan fingerprint density at radius 3 is 2.38 bits per heavy atom. The van der Waals surface area contributed by atoms with E-state index in [1.54, 1.807) is 6.20 Å². The Hall–Kier alpha value is -2.00. The van der Waals surface area contributed by atoms with E-state index in [0.29, 0.717) is 0 Å². The van der Waals surface area contributed by atoms with Gasteiger partial charge in [0.05, 0.1) is 23.6 Å². The first-order valence-electron chi connectivity index (χ1n) is 6.82. The molecule has 4 heteroatoms. The van der Waals surface area contributed by atoms with E-state index in [1.165, 1.54) is 22.4 Å². The van der Waals surface area contributed by atoms with Crippen molar-refractivity contribution in [3.8, 4) is 0 Å². The fraction of sp³-hybridized carbons (Fsp3) is 0.235. The van der Waals surface area contributed by atoms with Gasteiger partial charge in [-0.1, -0.05) is 29.8 Å². The highest BCUT2D eigenvalue weighted by atomic mass is 35.5. The van der Waals surface area contributed by atoms with E-state index >= 15 is 0 Å². The van der Waals surface area contributed by atoms with Gasteiger partial charge in [-0.3, -0.25) is 4.98 Å². The molecule has 0 bridgehead atoms. The van der Waals surface area contributed by atoms with Crippen molar-refractivity contribution < 1.29 is 0 Å². The van der Waals surface area contributed by atoms with Gasteiger partial charge in [-0.05, 0) is 31.9 Å². The zero-order valence-corrected chi connectivity index (χ0v) is 13.4. The van der Waals surface area contributed by atoms with Crippen LogP contribution in [0, 0.1) is 20.8 Å². The maximum Gasteiger partial charge on any atom is 0.0695 e. The number of benzene rings is 1. The van der Waals surface area contributed by atoms with E-state index in [0.717, 1.165) is 23.1 Å². The first-order chi connectivity index (χ1) is 9.58. The lowest BCUT2D eigenvalue weighted by atomic mass is 10.1. The molecule has 0 saturated heterocycles. The maximum absolute atomic E-state index is 6.08. The molecular formula is C17H20ClN3. The number of aromatic nitrogens is 2. The van der Waals surface area contributed by atoms with Crippen LogP contribution in [0.25, 0.3) is 10.9 Å².